The van der Waals surface area contributed by atoms with E-state index in [9.17, 15) is 9.59 Å². The second kappa shape index (κ2) is 6.35. The van der Waals surface area contributed by atoms with Crippen molar-refractivity contribution in [3.05, 3.63) is 46.3 Å². The number of para-hydroxylation sites is 1. The first-order valence-electron chi connectivity index (χ1n) is 8.94. The first kappa shape index (κ1) is 15.9. The van der Waals surface area contributed by atoms with Gasteiger partial charge in [-0.1, -0.05) is 17.7 Å². The molecule has 1 heterocycles. The van der Waals surface area contributed by atoms with Crippen LogP contribution in [0.2, 0.25) is 0 Å². The molecule has 0 spiro atoms. The predicted molar refractivity (Wildman–Crippen MR) is 97.0 cm³/mol. The van der Waals surface area contributed by atoms with Crippen molar-refractivity contribution in [1.29, 1.82) is 0 Å². The van der Waals surface area contributed by atoms with E-state index < -0.39 is 0 Å². The average Bonchev–Trinajstić information content (AvgIpc) is 3.51. The zero-order chi connectivity index (χ0) is 17.4. The third-order valence-corrected chi connectivity index (χ3v) is 4.87. The predicted octanol–water partition coefficient (Wildman–Crippen LogP) is 2.61. The van der Waals surface area contributed by atoms with E-state index in [4.69, 9.17) is 0 Å². The average molecular weight is 338 g/mol. The first-order valence-corrected chi connectivity index (χ1v) is 8.94. The lowest BCUT2D eigenvalue weighted by molar-refractivity contribution is -0.116. The van der Waals surface area contributed by atoms with Gasteiger partial charge in [-0.15, -0.1) is 0 Å². The summed E-state index contributed by atoms with van der Waals surface area (Å²) in [6.07, 6.45) is 6.53. The molecule has 25 heavy (non-hydrogen) atoms. The van der Waals surface area contributed by atoms with Gasteiger partial charge in [0.25, 0.3) is 11.5 Å². The fourth-order valence-electron chi connectivity index (χ4n) is 3.26. The van der Waals surface area contributed by atoms with Crippen LogP contribution >= 0.6 is 0 Å². The van der Waals surface area contributed by atoms with E-state index in [1.54, 1.807) is 18.2 Å². The van der Waals surface area contributed by atoms with E-state index >= 15 is 0 Å². The van der Waals surface area contributed by atoms with Gasteiger partial charge in [0.1, 0.15) is 0 Å². The van der Waals surface area contributed by atoms with Crippen molar-refractivity contribution in [2.75, 3.05) is 5.43 Å². The maximum Gasteiger partial charge on any atom is 0.262 e. The summed E-state index contributed by atoms with van der Waals surface area (Å²) >= 11 is 0. The molecule has 6 nitrogen and oxygen atoms in total. The fraction of sp³-hybridized carbons (Fsp3) is 0.421. The quantitative estimate of drug-likeness (QED) is 0.627. The minimum atomic E-state index is -0.182. The van der Waals surface area contributed by atoms with Crippen LogP contribution in [0.25, 0.3) is 10.9 Å². The maximum atomic E-state index is 12.6. The first-order chi connectivity index (χ1) is 12.2. The smallest absolute Gasteiger partial charge is 0.262 e. The van der Waals surface area contributed by atoms with Gasteiger partial charge in [0, 0.05) is 12.6 Å². The molecule has 130 valence electrons. The summed E-state index contributed by atoms with van der Waals surface area (Å²) in [6.45, 7) is 2.35. The van der Waals surface area contributed by atoms with Crippen LogP contribution in [0.15, 0.2) is 40.7 Å². The number of hydrogen-bond donors (Lipinski definition) is 2. The van der Waals surface area contributed by atoms with Gasteiger partial charge in [-0.05, 0) is 56.6 Å². The zero-order valence-electron chi connectivity index (χ0n) is 14.3. The molecule has 0 saturated heterocycles. The second-order valence-electron chi connectivity index (χ2n) is 6.81. The molecule has 2 aromatic rings. The third-order valence-electron chi connectivity index (χ3n) is 4.87. The van der Waals surface area contributed by atoms with E-state index in [-0.39, 0.29) is 11.5 Å². The third kappa shape index (κ3) is 3.29. The Balaban J connectivity index is 1.55. The number of hydrazine groups is 1. The molecule has 2 aliphatic carbocycles. The lowest BCUT2D eigenvalue weighted by Crippen LogP contribution is -2.33. The van der Waals surface area contributed by atoms with Crippen LogP contribution in [0, 0.1) is 11.8 Å². The Hall–Kier alpha value is -2.63. The summed E-state index contributed by atoms with van der Waals surface area (Å²) < 4.78 is 1.52. The Morgan fingerprint density at radius 3 is 2.56 bits per heavy atom. The van der Waals surface area contributed by atoms with Crippen LogP contribution in [0.3, 0.4) is 0 Å². The Bertz CT molecular complexity index is 893. The zero-order valence-corrected chi connectivity index (χ0v) is 14.3. The van der Waals surface area contributed by atoms with Crippen LogP contribution in [0.5, 0.6) is 0 Å². The van der Waals surface area contributed by atoms with Gasteiger partial charge in [0.2, 0.25) is 5.95 Å². The summed E-state index contributed by atoms with van der Waals surface area (Å²) in [5.74, 6) is 1.38. The minimum Gasteiger partial charge on any atom is -0.277 e. The molecule has 1 amide bonds. The number of carbonyl (C=O) groups is 1. The van der Waals surface area contributed by atoms with Crippen LogP contribution in [0.1, 0.15) is 32.6 Å². The molecule has 6 heteroatoms. The normalized spacial score (nSPS) is 16.5. The number of amides is 1. The number of carbonyl (C=O) groups excluding carboxylic acids is 1. The monoisotopic (exact) mass is 338 g/mol. The Morgan fingerprint density at radius 1 is 1.24 bits per heavy atom. The fourth-order valence-corrected chi connectivity index (χ4v) is 3.26. The largest absolute Gasteiger partial charge is 0.277 e. The molecular weight excluding hydrogens is 316 g/mol. The molecule has 0 bridgehead atoms. The maximum absolute atomic E-state index is 12.6. The van der Waals surface area contributed by atoms with Gasteiger partial charge in [-0.3, -0.25) is 25.0 Å². The topological polar surface area (TPSA) is 76.0 Å². The van der Waals surface area contributed by atoms with E-state index in [1.807, 2.05) is 19.1 Å². The molecule has 0 atom stereocenters. The number of nitrogens with one attached hydrogen (secondary N) is 2. The molecule has 2 saturated carbocycles. The number of anilines is 1. The Labute approximate surface area is 145 Å². The van der Waals surface area contributed by atoms with Gasteiger partial charge in [0.05, 0.1) is 10.9 Å². The van der Waals surface area contributed by atoms with Crippen LogP contribution in [-0.2, 0) is 11.3 Å². The number of allylic oxidation sites excluding steroid dienone is 1. The van der Waals surface area contributed by atoms with Crippen LogP contribution < -0.4 is 16.4 Å². The van der Waals surface area contributed by atoms with Crippen molar-refractivity contribution < 1.29 is 4.79 Å². The van der Waals surface area contributed by atoms with Gasteiger partial charge >= 0.3 is 0 Å². The molecule has 2 N–H and O–H groups in total. The molecule has 0 aliphatic heterocycles. The highest BCUT2D eigenvalue weighted by Crippen LogP contribution is 2.48. The number of hydrogen-bond acceptors (Lipinski definition) is 4. The lowest BCUT2D eigenvalue weighted by Gasteiger charge is -2.13. The molecule has 0 unspecified atom stereocenters. The van der Waals surface area contributed by atoms with Crippen LogP contribution in [-0.4, -0.2) is 15.5 Å². The summed E-state index contributed by atoms with van der Waals surface area (Å²) in [6, 6.07) is 7.22. The number of rotatable bonds is 6. The van der Waals surface area contributed by atoms with Crippen molar-refractivity contribution in [2.24, 2.45) is 11.8 Å². The van der Waals surface area contributed by atoms with E-state index in [0.29, 0.717) is 35.2 Å². The van der Waals surface area contributed by atoms with Crippen molar-refractivity contribution in [1.82, 2.24) is 15.0 Å². The SMILES string of the molecule is CCn1c(NNC(=O)C=C(C2CC2)C2CC2)nc2ccccc2c1=O. The molecule has 2 aliphatic rings. The van der Waals surface area contributed by atoms with Gasteiger partial charge < -0.3 is 0 Å². The highest BCUT2D eigenvalue weighted by Gasteiger charge is 2.36. The number of fused-ring (bicyclic) bond motifs is 1. The van der Waals surface area contributed by atoms with Crippen LogP contribution in [0.4, 0.5) is 5.95 Å². The van der Waals surface area contributed by atoms with Crippen molar-refractivity contribution in [2.45, 2.75) is 39.2 Å². The second-order valence-corrected chi connectivity index (χ2v) is 6.81. The standard InChI is InChI=1S/C19H22N4O2/c1-2-23-18(25)14-5-3-4-6-16(14)20-19(23)22-21-17(24)11-15(12-7-8-12)13-9-10-13/h3-6,11-13H,2,7-10H2,1H3,(H,20,22)(H,21,24). The molecule has 1 aromatic heterocycles. The number of aromatic nitrogens is 2. The van der Waals surface area contributed by atoms with E-state index in [1.165, 1.54) is 35.8 Å². The summed E-state index contributed by atoms with van der Waals surface area (Å²) in [5.41, 5.74) is 7.29. The van der Waals surface area contributed by atoms with Crippen molar-refractivity contribution in [3.63, 3.8) is 0 Å². The Kier molecular flexibility index (Phi) is 4.03. The highest BCUT2D eigenvalue weighted by molar-refractivity contribution is 5.89. The number of benzene rings is 1. The highest BCUT2D eigenvalue weighted by atomic mass is 16.2. The summed E-state index contributed by atoms with van der Waals surface area (Å²) in [5, 5.41) is 0.575. The summed E-state index contributed by atoms with van der Waals surface area (Å²) in [7, 11) is 0. The minimum absolute atomic E-state index is 0.114. The molecule has 0 radical (unpaired) electrons. The molecule has 2 fully saturated rings. The van der Waals surface area contributed by atoms with Crippen molar-refractivity contribution in [3.8, 4) is 0 Å². The number of nitrogens with zero attached hydrogens (tertiary/aromatic N) is 2. The van der Waals surface area contributed by atoms with Crippen molar-refractivity contribution >= 4 is 22.8 Å². The van der Waals surface area contributed by atoms with E-state index in [0.717, 1.165) is 0 Å². The van der Waals surface area contributed by atoms with E-state index in [2.05, 4.69) is 15.8 Å². The Morgan fingerprint density at radius 2 is 1.92 bits per heavy atom. The van der Waals surface area contributed by atoms with Gasteiger partial charge in [0.15, 0.2) is 0 Å². The van der Waals surface area contributed by atoms with Gasteiger partial charge in [-0.2, -0.15) is 0 Å². The lowest BCUT2D eigenvalue weighted by atomic mass is 10.1. The molecule has 4 rings (SSSR count). The van der Waals surface area contributed by atoms with Gasteiger partial charge in [-0.25, -0.2) is 4.98 Å². The molecular formula is C19H22N4O2. The summed E-state index contributed by atoms with van der Waals surface area (Å²) in [4.78, 5) is 29.3. The molecule has 1 aromatic carbocycles.